The lowest BCUT2D eigenvalue weighted by atomic mass is 10.0. The van der Waals surface area contributed by atoms with Gasteiger partial charge in [0.25, 0.3) is 0 Å². The number of nitrogens with zero attached hydrogens (tertiary/aromatic N) is 2. The summed E-state index contributed by atoms with van der Waals surface area (Å²) in [5.41, 5.74) is 1.65. The number of rotatable bonds is 7. The molecule has 8 nitrogen and oxygen atoms in total. The number of nitrogens with one attached hydrogen (secondary N) is 1. The van der Waals surface area contributed by atoms with Crippen LogP contribution in [-0.4, -0.2) is 65.2 Å². The maximum Gasteiger partial charge on any atom is 0.355 e. The Labute approximate surface area is 178 Å². The molecule has 0 saturated carbocycles. The van der Waals surface area contributed by atoms with Crippen LogP contribution in [0.25, 0.3) is 0 Å². The molecule has 30 heavy (non-hydrogen) atoms. The lowest BCUT2D eigenvalue weighted by Gasteiger charge is -2.29. The number of aromatic nitrogens is 1. The van der Waals surface area contributed by atoms with Crippen molar-refractivity contribution >= 4 is 17.8 Å². The van der Waals surface area contributed by atoms with Crippen LogP contribution in [0.3, 0.4) is 0 Å². The lowest BCUT2D eigenvalue weighted by Crippen LogP contribution is -2.51. The van der Waals surface area contributed by atoms with Gasteiger partial charge in [-0.1, -0.05) is 0 Å². The minimum Gasteiger partial charge on any atom is -0.461 e. The molecule has 0 aromatic carbocycles. The predicted octanol–water partition coefficient (Wildman–Crippen LogP) is 2.99. The summed E-state index contributed by atoms with van der Waals surface area (Å²) in [6, 6.07) is -0.303. The maximum absolute atomic E-state index is 13.3. The van der Waals surface area contributed by atoms with Gasteiger partial charge in [-0.2, -0.15) is 0 Å². The molecule has 1 fully saturated rings. The van der Waals surface area contributed by atoms with Gasteiger partial charge in [0.1, 0.15) is 5.69 Å². The van der Waals surface area contributed by atoms with Gasteiger partial charge >= 0.3 is 12.0 Å². The van der Waals surface area contributed by atoms with Crippen LogP contribution in [-0.2, 0) is 16.5 Å². The summed E-state index contributed by atoms with van der Waals surface area (Å²) in [6.45, 7) is 12.2. The second kappa shape index (κ2) is 9.64. The van der Waals surface area contributed by atoms with Crippen LogP contribution in [0, 0.1) is 13.8 Å². The number of Topliss-reactive ketones (excluding diaryl/α,β-unsaturated/α-hetero) is 1. The molecule has 0 unspecified atom stereocenters. The highest BCUT2D eigenvalue weighted by atomic mass is 16.5. The largest absolute Gasteiger partial charge is 0.461 e. The number of carbonyl (C=O) groups excluding carboxylic acids is 3. The molecular formula is C22H35N3O5. The quantitative estimate of drug-likeness (QED) is 0.540. The molecule has 168 valence electrons. The summed E-state index contributed by atoms with van der Waals surface area (Å²) in [4.78, 5) is 40.0. The summed E-state index contributed by atoms with van der Waals surface area (Å²) < 4.78 is 12.5. The number of amides is 2. The number of ketones is 1. The zero-order valence-corrected chi connectivity index (χ0v) is 19.3. The number of carbonyl (C=O) groups is 3. The normalized spacial score (nSPS) is 16.4. The van der Waals surface area contributed by atoms with Crippen LogP contribution in [0.15, 0.2) is 0 Å². The Kier molecular flexibility index (Phi) is 7.69. The Balaban J connectivity index is 2.29. The molecule has 2 amide bonds. The molecule has 1 N–H and O–H groups in total. The minimum atomic E-state index is -0.457. The second-order valence-corrected chi connectivity index (χ2v) is 8.83. The number of hydrogen-bond donors (Lipinski definition) is 1. The van der Waals surface area contributed by atoms with Crippen LogP contribution in [0.2, 0.25) is 0 Å². The fourth-order valence-corrected chi connectivity index (χ4v) is 3.78. The zero-order valence-electron chi connectivity index (χ0n) is 19.3. The average molecular weight is 422 g/mol. The molecule has 8 heteroatoms. The van der Waals surface area contributed by atoms with Gasteiger partial charge in [0.2, 0.25) is 0 Å². The summed E-state index contributed by atoms with van der Waals surface area (Å²) >= 11 is 0. The van der Waals surface area contributed by atoms with Crippen molar-refractivity contribution < 1.29 is 23.9 Å². The Morgan fingerprint density at radius 1 is 1.27 bits per heavy atom. The molecule has 2 heterocycles. The van der Waals surface area contributed by atoms with E-state index in [1.54, 1.807) is 32.4 Å². The first-order valence-corrected chi connectivity index (χ1v) is 10.5. The Hall–Kier alpha value is -2.35. The molecule has 1 aliphatic heterocycles. The Bertz CT molecular complexity index is 801. The number of hydrogen-bond acceptors (Lipinski definition) is 5. The van der Waals surface area contributed by atoms with Crippen molar-refractivity contribution in [2.75, 3.05) is 26.3 Å². The molecule has 0 bridgehead atoms. The highest BCUT2D eigenvalue weighted by Crippen LogP contribution is 2.23. The van der Waals surface area contributed by atoms with Gasteiger partial charge in [0.05, 0.1) is 19.3 Å². The number of esters is 1. The van der Waals surface area contributed by atoms with E-state index in [0.29, 0.717) is 35.7 Å². The van der Waals surface area contributed by atoms with Gasteiger partial charge in [-0.05, 0) is 59.9 Å². The first kappa shape index (κ1) is 23.9. The van der Waals surface area contributed by atoms with E-state index < -0.39 is 11.5 Å². The van der Waals surface area contributed by atoms with Crippen molar-refractivity contribution in [3.63, 3.8) is 0 Å². The van der Waals surface area contributed by atoms with Crippen LogP contribution in [0.4, 0.5) is 4.79 Å². The zero-order chi connectivity index (χ0) is 22.6. The molecule has 2 rings (SSSR count). The first-order valence-electron chi connectivity index (χ1n) is 10.5. The van der Waals surface area contributed by atoms with Crippen molar-refractivity contribution in [3.05, 3.63) is 22.5 Å². The molecule has 0 spiro atoms. The van der Waals surface area contributed by atoms with E-state index in [4.69, 9.17) is 9.47 Å². The van der Waals surface area contributed by atoms with Crippen molar-refractivity contribution in [2.45, 2.75) is 66.0 Å². The van der Waals surface area contributed by atoms with Gasteiger partial charge in [-0.25, -0.2) is 9.59 Å². The molecular weight excluding hydrogens is 386 g/mol. The van der Waals surface area contributed by atoms with Gasteiger partial charge in [-0.15, -0.1) is 0 Å². The highest BCUT2D eigenvalue weighted by molar-refractivity contribution is 6.04. The van der Waals surface area contributed by atoms with Gasteiger partial charge in [-0.3, -0.25) is 4.79 Å². The first-order chi connectivity index (χ1) is 14.0. The van der Waals surface area contributed by atoms with E-state index >= 15 is 0 Å². The molecule has 1 aromatic heterocycles. The third-order valence-electron chi connectivity index (χ3n) is 5.23. The van der Waals surface area contributed by atoms with Crippen molar-refractivity contribution in [2.24, 2.45) is 7.05 Å². The van der Waals surface area contributed by atoms with E-state index in [1.807, 2.05) is 20.8 Å². The Morgan fingerprint density at radius 3 is 2.47 bits per heavy atom. The fraction of sp³-hybridized carbons (Fsp3) is 0.682. The van der Waals surface area contributed by atoms with Gasteiger partial charge in [0, 0.05) is 37.0 Å². The molecule has 1 aromatic rings. The van der Waals surface area contributed by atoms with E-state index in [1.165, 1.54) is 4.90 Å². The van der Waals surface area contributed by atoms with Crippen molar-refractivity contribution in [1.29, 1.82) is 0 Å². The van der Waals surface area contributed by atoms with E-state index in [0.717, 1.165) is 12.8 Å². The summed E-state index contributed by atoms with van der Waals surface area (Å²) in [5, 5.41) is 2.93. The van der Waals surface area contributed by atoms with E-state index in [-0.39, 0.29) is 31.1 Å². The summed E-state index contributed by atoms with van der Waals surface area (Å²) in [6.07, 6.45) is 1.74. The van der Waals surface area contributed by atoms with Crippen LogP contribution >= 0.6 is 0 Å². The molecule has 0 aliphatic carbocycles. The average Bonchev–Trinajstić information content (AvgIpc) is 3.20. The highest BCUT2D eigenvalue weighted by Gasteiger charge is 2.30. The second-order valence-electron chi connectivity index (χ2n) is 8.83. The van der Waals surface area contributed by atoms with E-state index in [2.05, 4.69) is 5.32 Å². The topological polar surface area (TPSA) is 89.9 Å². The molecule has 1 aliphatic rings. The standard InChI is InChI=1S/C22H35N3O5/c1-8-29-20(27)19-14(2)18(15(3)24(19)7)17(26)13-25(12-16-10-9-11-30-16)21(28)23-22(4,5)6/h16H,8-13H2,1-7H3,(H,23,28)/t16-/m1/s1. The van der Waals surface area contributed by atoms with Crippen LogP contribution < -0.4 is 5.32 Å². The van der Waals surface area contributed by atoms with Gasteiger partial charge < -0.3 is 24.3 Å². The monoisotopic (exact) mass is 421 g/mol. The molecule has 1 atom stereocenters. The smallest absolute Gasteiger partial charge is 0.355 e. The lowest BCUT2D eigenvalue weighted by molar-refractivity contribution is 0.0514. The van der Waals surface area contributed by atoms with Crippen LogP contribution in [0.1, 0.15) is 72.6 Å². The summed E-state index contributed by atoms with van der Waals surface area (Å²) in [5.74, 6) is -0.667. The molecule has 0 radical (unpaired) electrons. The minimum absolute atomic E-state index is 0.0726. The summed E-state index contributed by atoms with van der Waals surface area (Å²) in [7, 11) is 1.74. The third-order valence-corrected chi connectivity index (χ3v) is 5.23. The predicted molar refractivity (Wildman–Crippen MR) is 114 cm³/mol. The number of ether oxygens (including phenoxy) is 2. The fourth-order valence-electron chi connectivity index (χ4n) is 3.78. The van der Waals surface area contributed by atoms with Crippen molar-refractivity contribution in [1.82, 2.24) is 14.8 Å². The number of urea groups is 1. The Morgan fingerprint density at radius 2 is 1.93 bits per heavy atom. The van der Waals surface area contributed by atoms with Gasteiger partial charge in [0.15, 0.2) is 5.78 Å². The van der Waals surface area contributed by atoms with Crippen molar-refractivity contribution in [3.8, 4) is 0 Å². The maximum atomic E-state index is 13.3. The SMILES string of the molecule is CCOC(=O)c1c(C)c(C(=O)CN(C[C@H]2CCCO2)C(=O)NC(C)(C)C)c(C)n1C. The third kappa shape index (κ3) is 5.62. The molecule has 1 saturated heterocycles. The van der Waals surface area contributed by atoms with E-state index in [9.17, 15) is 14.4 Å². The van der Waals surface area contributed by atoms with Crippen LogP contribution in [0.5, 0.6) is 0 Å².